The van der Waals surface area contributed by atoms with Crippen molar-refractivity contribution in [3.63, 3.8) is 0 Å². The van der Waals surface area contributed by atoms with Crippen molar-refractivity contribution in [2.45, 2.75) is 0 Å². The van der Waals surface area contributed by atoms with Gasteiger partial charge in [0.15, 0.2) is 0 Å². The van der Waals surface area contributed by atoms with Crippen molar-refractivity contribution in [3.8, 4) is 11.8 Å². The highest BCUT2D eigenvalue weighted by atomic mass is 35.5. The number of anilines is 2. The Labute approximate surface area is 121 Å². The van der Waals surface area contributed by atoms with Gasteiger partial charge in [-0.15, -0.1) is 0 Å². The second-order valence-electron chi connectivity index (χ2n) is 3.78. The summed E-state index contributed by atoms with van der Waals surface area (Å²) in [5, 5.41) is 13.2. The molecule has 0 bridgehead atoms. The van der Waals surface area contributed by atoms with Crippen LogP contribution in [0.15, 0.2) is 36.4 Å². The van der Waals surface area contributed by atoms with Crippen molar-refractivity contribution in [2.75, 3.05) is 12.4 Å². The molecule has 0 aliphatic heterocycles. The molecule has 0 heterocycles. The minimum absolute atomic E-state index is 0.472. The van der Waals surface area contributed by atoms with Crippen molar-refractivity contribution in [1.82, 2.24) is 0 Å². The number of ether oxygens (including phenoxy) is 1. The van der Waals surface area contributed by atoms with E-state index in [0.29, 0.717) is 27.0 Å². The quantitative estimate of drug-likeness (QED) is 0.898. The maximum absolute atomic E-state index is 9.06. The van der Waals surface area contributed by atoms with Crippen molar-refractivity contribution < 1.29 is 4.74 Å². The smallest absolute Gasteiger partial charge is 0.137 e. The van der Waals surface area contributed by atoms with Crippen LogP contribution in [-0.2, 0) is 0 Å². The topological polar surface area (TPSA) is 45.0 Å². The molecule has 0 saturated heterocycles. The van der Waals surface area contributed by atoms with Crippen LogP contribution in [0, 0.1) is 11.3 Å². The average molecular weight is 293 g/mol. The maximum atomic E-state index is 9.06. The Morgan fingerprint density at radius 2 is 1.95 bits per heavy atom. The zero-order valence-corrected chi connectivity index (χ0v) is 11.6. The number of rotatable bonds is 3. The lowest BCUT2D eigenvalue weighted by molar-refractivity contribution is 0.415. The van der Waals surface area contributed by atoms with Gasteiger partial charge in [0.05, 0.1) is 23.4 Å². The summed E-state index contributed by atoms with van der Waals surface area (Å²) in [6, 6.07) is 12.5. The van der Waals surface area contributed by atoms with Gasteiger partial charge in [-0.25, -0.2) is 0 Å². The molecule has 0 aliphatic carbocycles. The van der Waals surface area contributed by atoms with Crippen LogP contribution >= 0.6 is 23.2 Å². The van der Waals surface area contributed by atoms with Crippen LogP contribution < -0.4 is 10.1 Å². The first-order chi connectivity index (χ1) is 9.13. The van der Waals surface area contributed by atoms with Gasteiger partial charge in [0.2, 0.25) is 0 Å². The van der Waals surface area contributed by atoms with E-state index in [4.69, 9.17) is 33.2 Å². The molecule has 2 rings (SSSR count). The summed E-state index contributed by atoms with van der Waals surface area (Å²) in [6.07, 6.45) is 0. The van der Waals surface area contributed by atoms with Gasteiger partial charge in [0, 0.05) is 10.7 Å². The number of nitrogens with zero attached hydrogens (tertiary/aromatic N) is 1. The number of nitriles is 1. The van der Waals surface area contributed by atoms with Crippen LogP contribution in [-0.4, -0.2) is 7.11 Å². The van der Waals surface area contributed by atoms with Gasteiger partial charge in [-0.1, -0.05) is 23.2 Å². The fourth-order valence-electron chi connectivity index (χ4n) is 1.62. The van der Waals surface area contributed by atoms with E-state index >= 15 is 0 Å². The third-order valence-corrected chi connectivity index (χ3v) is 3.06. The average Bonchev–Trinajstić information content (AvgIpc) is 2.41. The van der Waals surface area contributed by atoms with E-state index in [1.807, 2.05) is 6.07 Å². The van der Waals surface area contributed by atoms with Crippen LogP contribution in [0.5, 0.6) is 5.75 Å². The van der Waals surface area contributed by atoms with E-state index in [1.54, 1.807) is 37.4 Å². The molecular formula is C14H10Cl2N2O. The number of benzene rings is 2. The highest BCUT2D eigenvalue weighted by Crippen LogP contribution is 2.30. The minimum atomic E-state index is 0.472. The molecule has 1 N–H and O–H groups in total. The van der Waals surface area contributed by atoms with E-state index in [2.05, 4.69) is 11.4 Å². The summed E-state index contributed by atoms with van der Waals surface area (Å²) in [5.41, 5.74) is 1.91. The summed E-state index contributed by atoms with van der Waals surface area (Å²) in [6.45, 7) is 0. The Morgan fingerprint density at radius 3 is 2.58 bits per heavy atom. The van der Waals surface area contributed by atoms with Crippen molar-refractivity contribution in [1.29, 1.82) is 5.26 Å². The summed E-state index contributed by atoms with van der Waals surface area (Å²) in [5.74, 6) is 0.601. The lowest BCUT2D eigenvalue weighted by Crippen LogP contribution is -1.94. The highest BCUT2D eigenvalue weighted by molar-refractivity contribution is 6.32. The lowest BCUT2D eigenvalue weighted by Gasteiger charge is -2.10. The molecule has 0 spiro atoms. The zero-order valence-electron chi connectivity index (χ0n) is 10.1. The Balaban J connectivity index is 2.31. The molecule has 0 amide bonds. The first-order valence-electron chi connectivity index (χ1n) is 5.44. The van der Waals surface area contributed by atoms with Gasteiger partial charge in [0.25, 0.3) is 0 Å². The molecule has 5 heteroatoms. The Morgan fingerprint density at radius 1 is 1.16 bits per heavy atom. The van der Waals surface area contributed by atoms with Crippen LogP contribution in [0.3, 0.4) is 0 Å². The maximum Gasteiger partial charge on any atom is 0.137 e. The van der Waals surface area contributed by atoms with Gasteiger partial charge in [0.1, 0.15) is 11.8 Å². The van der Waals surface area contributed by atoms with Gasteiger partial charge in [-0.05, 0) is 36.4 Å². The zero-order chi connectivity index (χ0) is 13.8. The summed E-state index contributed by atoms with van der Waals surface area (Å²) >= 11 is 11.9. The van der Waals surface area contributed by atoms with E-state index in [-0.39, 0.29) is 0 Å². The molecule has 0 aliphatic rings. The molecule has 3 nitrogen and oxygen atoms in total. The SMILES string of the molecule is COc1ccc(Nc2ccc(Cl)cc2C#N)cc1Cl. The molecule has 0 aromatic heterocycles. The number of hydrogen-bond acceptors (Lipinski definition) is 3. The molecule has 2 aromatic carbocycles. The molecule has 2 aromatic rings. The van der Waals surface area contributed by atoms with E-state index in [9.17, 15) is 0 Å². The lowest BCUT2D eigenvalue weighted by atomic mass is 10.2. The molecule has 96 valence electrons. The first-order valence-corrected chi connectivity index (χ1v) is 6.20. The second kappa shape index (κ2) is 5.83. The number of hydrogen-bond donors (Lipinski definition) is 1. The second-order valence-corrected chi connectivity index (χ2v) is 4.62. The van der Waals surface area contributed by atoms with Gasteiger partial charge in [-0.3, -0.25) is 0 Å². The fourth-order valence-corrected chi connectivity index (χ4v) is 2.05. The van der Waals surface area contributed by atoms with E-state index in [0.717, 1.165) is 5.69 Å². The Kier molecular flexibility index (Phi) is 4.16. The minimum Gasteiger partial charge on any atom is -0.495 e. The molecule has 0 unspecified atom stereocenters. The number of halogens is 2. The van der Waals surface area contributed by atoms with Crippen molar-refractivity contribution in [3.05, 3.63) is 52.0 Å². The van der Waals surface area contributed by atoms with Crippen molar-refractivity contribution >= 4 is 34.6 Å². The summed E-state index contributed by atoms with van der Waals surface area (Å²) in [7, 11) is 1.56. The predicted octanol–water partition coefficient (Wildman–Crippen LogP) is 4.62. The standard InChI is InChI=1S/C14H10Cl2N2O/c1-19-14-5-3-11(7-12(14)16)18-13-4-2-10(15)6-9(13)8-17/h2-7,18H,1H3. The highest BCUT2D eigenvalue weighted by Gasteiger charge is 2.06. The van der Waals surface area contributed by atoms with E-state index < -0.39 is 0 Å². The normalized spacial score (nSPS) is 9.79. The first kappa shape index (κ1) is 13.5. The van der Waals surface area contributed by atoms with Crippen LogP contribution in [0.4, 0.5) is 11.4 Å². The third-order valence-electron chi connectivity index (χ3n) is 2.53. The Bertz CT molecular complexity index is 650. The molecule has 0 fully saturated rings. The monoisotopic (exact) mass is 292 g/mol. The Hall–Kier alpha value is -1.89. The third kappa shape index (κ3) is 3.11. The molecular weight excluding hydrogens is 283 g/mol. The predicted molar refractivity (Wildman–Crippen MR) is 77.5 cm³/mol. The molecule has 0 radical (unpaired) electrons. The largest absolute Gasteiger partial charge is 0.495 e. The van der Waals surface area contributed by atoms with Crippen LogP contribution in [0.1, 0.15) is 5.56 Å². The van der Waals surface area contributed by atoms with Gasteiger partial charge >= 0.3 is 0 Å². The van der Waals surface area contributed by atoms with Gasteiger partial charge in [-0.2, -0.15) is 5.26 Å². The molecule has 0 saturated carbocycles. The summed E-state index contributed by atoms with van der Waals surface area (Å²) in [4.78, 5) is 0. The summed E-state index contributed by atoms with van der Waals surface area (Å²) < 4.78 is 5.08. The number of nitrogens with one attached hydrogen (secondary N) is 1. The molecule has 0 atom stereocenters. The van der Waals surface area contributed by atoms with E-state index in [1.165, 1.54) is 0 Å². The van der Waals surface area contributed by atoms with Gasteiger partial charge < -0.3 is 10.1 Å². The van der Waals surface area contributed by atoms with Crippen LogP contribution in [0.2, 0.25) is 10.0 Å². The molecule has 19 heavy (non-hydrogen) atoms. The van der Waals surface area contributed by atoms with Crippen molar-refractivity contribution in [2.24, 2.45) is 0 Å². The van der Waals surface area contributed by atoms with Crippen LogP contribution in [0.25, 0.3) is 0 Å². The fraction of sp³-hybridized carbons (Fsp3) is 0.0714. The number of methoxy groups -OCH3 is 1.